The lowest BCUT2D eigenvalue weighted by Gasteiger charge is -2.33. The topological polar surface area (TPSA) is 79.0 Å². The molecule has 1 heterocycles. The minimum Gasteiger partial charge on any atom is -0.378 e. The van der Waals surface area contributed by atoms with Gasteiger partial charge in [0.1, 0.15) is 0 Å². The molecule has 0 bridgehead atoms. The molecule has 0 atom stereocenters. The standard InChI is InChI=1S/C17H25N3O4S/c1-25(22,23)20(9-8-18-17(21)14-6-7-14)16-5-3-2-4-15(16)19-10-12-24-13-11-19/h2-5,14H,6-13H2,1H3,(H,18,21). The van der Waals surface area contributed by atoms with Crippen LogP contribution in [0.2, 0.25) is 0 Å². The van der Waals surface area contributed by atoms with Crippen molar-refractivity contribution in [3.05, 3.63) is 24.3 Å². The number of nitrogens with one attached hydrogen (secondary N) is 1. The second kappa shape index (κ2) is 7.61. The first-order valence-electron chi connectivity index (χ1n) is 8.64. The summed E-state index contributed by atoms with van der Waals surface area (Å²) >= 11 is 0. The van der Waals surface area contributed by atoms with Crippen molar-refractivity contribution in [2.75, 3.05) is 54.9 Å². The lowest BCUT2D eigenvalue weighted by molar-refractivity contribution is -0.122. The van der Waals surface area contributed by atoms with Gasteiger partial charge in [-0.1, -0.05) is 12.1 Å². The molecule has 1 aliphatic heterocycles. The van der Waals surface area contributed by atoms with Gasteiger partial charge in [0.2, 0.25) is 15.9 Å². The van der Waals surface area contributed by atoms with Crippen molar-refractivity contribution in [3.8, 4) is 0 Å². The van der Waals surface area contributed by atoms with E-state index in [0.717, 1.165) is 31.6 Å². The van der Waals surface area contributed by atoms with Crippen molar-refractivity contribution in [2.24, 2.45) is 5.92 Å². The van der Waals surface area contributed by atoms with Crippen molar-refractivity contribution >= 4 is 27.3 Å². The molecule has 2 aliphatic rings. The number of carbonyl (C=O) groups is 1. The van der Waals surface area contributed by atoms with Gasteiger partial charge in [0, 0.05) is 25.6 Å². The average molecular weight is 367 g/mol. The molecule has 3 rings (SSSR count). The van der Waals surface area contributed by atoms with Crippen molar-refractivity contribution in [3.63, 3.8) is 0 Å². The van der Waals surface area contributed by atoms with Crippen LogP contribution in [0, 0.1) is 5.92 Å². The van der Waals surface area contributed by atoms with E-state index in [9.17, 15) is 13.2 Å². The number of hydrogen-bond donors (Lipinski definition) is 1. The zero-order valence-corrected chi connectivity index (χ0v) is 15.3. The molecule has 25 heavy (non-hydrogen) atoms. The molecule has 0 spiro atoms. The van der Waals surface area contributed by atoms with E-state index in [1.54, 1.807) is 0 Å². The van der Waals surface area contributed by atoms with Gasteiger partial charge in [-0.25, -0.2) is 8.42 Å². The van der Waals surface area contributed by atoms with Crippen molar-refractivity contribution in [2.45, 2.75) is 12.8 Å². The summed E-state index contributed by atoms with van der Waals surface area (Å²) in [6.07, 6.45) is 3.06. The molecule has 8 heteroatoms. The number of sulfonamides is 1. The number of nitrogens with zero attached hydrogens (tertiary/aromatic N) is 2. The minimum atomic E-state index is -3.46. The van der Waals surface area contributed by atoms with E-state index in [1.165, 1.54) is 10.6 Å². The molecule has 1 aliphatic carbocycles. The Bertz CT molecular complexity index is 712. The Kier molecular flexibility index (Phi) is 5.48. The third-order valence-electron chi connectivity index (χ3n) is 4.46. The number of anilines is 2. The van der Waals surface area contributed by atoms with Crippen LogP contribution in [-0.4, -0.2) is 60.0 Å². The Morgan fingerprint density at radius 3 is 2.60 bits per heavy atom. The second-order valence-corrected chi connectivity index (χ2v) is 8.40. The van der Waals surface area contributed by atoms with Crippen LogP contribution in [0.4, 0.5) is 11.4 Å². The normalized spacial score (nSPS) is 18.0. The van der Waals surface area contributed by atoms with E-state index < -0.39 is 10.0 Å². The highest BCUT2D eigenvalue weighted by Crippen LogP contribution is 2.31. The first-order valence-corrected chi connectivity index (χ1v) is 10.5. The van der Waals surface area contributed by atoms with Gasteiger partial charge in [-0.05, 0) is 25.0 Å². The van der Waals surface area contributed by atoms with Gasteiger partial charge in [-0.3, -0.25) is 9.10 Å². The molecule has 2 fully saturated rings. The van der Waals surface area contributed by atoms with Crippen molar-refractivity contribution in [1.29, 1.82) is 0 Å². The first kappa shape index (κ1) is 18.0. The van der Waals surface area contributed by atoms with Gasteiger partial charge in [-0.2, -0.15) is 0 Å². The largest absolute Gasteiger partial charge is 0.378 e. The van der Waals surface area contributed by atoms with E-state index in [1.807, 2.05) is 24.3 Å². The van der Waals surface area contributed by atoms with Crippen LogP contribution in [0.25, 0.3) is 0 Å². The van der Waals surface area contributed by atoms with Crippen molar-refractivity contribution in [1.82, 2.24) is 5.32 Å². The summed E-state index contributed by atoms with van der Waals surface area (Å²) in [6, 6.07) is 7.49. The zero-order valence-electron chi connectivity index (χ0n) is 14.5. The van der Waals surface area contributed by atoms with Crippen LogP contribution in [0.5, 0.6) is 0 Å². The Hall–Kier alpha value is -1.80. The second-order valence-electron chi connectivity index (χ2n) is 6.49. The predicted octanol–water partition coefficient (Wildman–Crippen LogP) is 0.815. The van der Waals surface area contributed by atoms with Crippen LogP contribution in [0.15, 0.2) is 24.3 Å². The molecule has 1 aromatic rings. The fraction of sp³-hybridized carbons (Fsp3) is 0.588. The summed E-state index contributed by atoms with van der Waals surface area (Å²) in [5, 5.41) is 2.84. The number of hydrogen-bond acceptors (Lipinski definition) is 5. The van der Waals surface area contributed by atoms with E-state index in [-0.39, 0.29) is 18.4 Å². The molecule has 1 N–H and O–H groups in total. The lowest BCUT2D eigenvalue weighted by Crippen LogP contribution is -2.41. The summed E-state index contributed by atoms with van der Waals surface area (Å²) < 4.78 is 31.5. The number of morpholine rings is 1. The Morgan fingerprint density at radius 2 is 1.96 bits per heavy atom. The summed E-state index contributed by atoms with van der Waals surface area (Å²) in [5.74, 6) is 0.141. The van der Waals surface area contributed by atoms with Crippen LogP contribution < -0.4 is 14.5 Å². The molecule has 0 radical (unpaired) electrons. The third kappa shape index (κ3) is 4.64. The minimum absolute atomic E-state index is 0.0231. The van der Waals surface area contributed by atoms with Crippen LogP contribution in [-0.2, 0) is 19.6 Å². The Morgan fingerprint density at radius 1 is 1.28 bits per heavy atom. The monoisotopic (exact) mass is 367 g/mol. The molecular formula is C17H25N3O4S. The maximum Gasteiger partial charge on any atom is 0.232 e. The fourth-order valence-corrected chi connectivity index (χ4v) is 3.92. The van der Waals surface area contributed by atoms with Crippen LogP contribution in [0.3, 0.4) is 0 Å². The first-order chi connectivity index (χ1) is 12.0. The summed E-state index contributed by atoms with van der Waals surface area (Å²) in [6.45, 7) is 3.24. The van der Waals surface area contributed by atoms with Crippen LogP contribution in [0.1, 0.15) is 12.8 Å². The Balaban J connectivity index is 1.77. The highest BCUT2D eigenvalue weighted by atomic mass is 32.2. The van der Waals surface area contributed by atoms with Gasteiger partial charge in [0.25, 0.3) is 0 Å². The van der Waals surface area contributed by atoms with E-state index >= 15 is 0 Å². The molecule has 138 valence electrons. The van der Waals surface area contributed by atoms with Gasteiger partial charge in [0.15, 0.2) is 0 Å². The number of ether oxygens (including phenoxy) is 1. The SMILES string of the molecule is CS(=O)(=O)N(CCNC(=O)C1CC1)c1ccccc1N1CCOCC1. The maximum absolute atomic E-state index is 12.4. The van der Waals surface area contributed by atoms with Gasteiger partial charge in [-0.15, -0.1) is 0 Å². The molecule has 1 aromatic carbocycles. The molecular weight excluding hydrogens is 342 g/mol. The van der Waals surface area contributed by atoms with Gasteiger partial charge in [0.05, 0.1) is 37.4 Å². The van der Waals surface area contributed by atoms with E-state index in [4.69, 9.17) is 4.74 Å². The number of rotatable bonds is 7. The van der Waals surface area contributed by atoms with Crippen LogP contribution >= 0.6 is 0 Å². The quantitative estimate of drug-likeness (QED) is 0.772. The molecule has 1 saturated heterocycles. The highest BCUT2D eigenvalue weighted by molar-refractivity contribution is 7.92. The third-order valence-corrected chi connectivity index (χ3v) is 5.64. The van der Waals surface area contributed by atoms with Crippen molar-refractivity contribution < 1.29 is 17.9 Å². The van der Waals surface area contributed by atoms with Gasteiger partial charge < -0.3 is 15.0 Å². The molecule has 0 aromatic heterocycles. The number of benzene rings is 1. The van der Waals surface area contributed by atoms with Gasteiger partial charge >= 0.3 is 0 Å². The van der Waals surface area contributed by atoms with E-state index in [0.29, 0.717) is 25.4 Å². The molecule has 0 unspecified atom stereocenters. The number of amides is 1. The average Bonchev–Trinajstić information content (AvgIpc) is 3.43. The zero-order chi connectivity index (χ0) is 17.9. The smallest absolute Gasteiger partial charge is 0.232 e. The fourth-order valence-electron chi connectivity index (χ4n) is 2.98. The summed E-state index contributed by atoms with van der Waals surface area (Å²) in [7, 11) is -3.46. The van der Waals surface area contributed by atoms with E-state index in [2.05, 4.69) is 10.2 Å². The predicted molar refractivity (Wildman–Crippen MR) is 97.4 cm³/mol. The number of para-hydroxylation sites is 2. The lowest BCUT2D eigenvalue weighted by atomic mass is 10.2. The Labute approximate surface area is 149 Å². The summed E-state index contributed by atoms with van der Waals surface area (Å²) in [4.78, 5) is 13.9. The molecule has 1 saturated carbocycles. The highest BCUT2D eigenvalue weighted by Gasteiger charge is 2.30. The molecule has 7 nitrogen and oxygen atoms in total. The maximum atomic E-state index is 12.4. The summed E-state index contributed by atoms with van der Waals surface area (Å²) in [5.41, 5.74) is 1.53. The number of carbonyl (C=O) groups excluding carboxylic acids is 1. The molecule has 1 amide bonds.